The van der Waals surface area contributed by atoms with Crippen LogP contribution < -0.4 is 9.64 Å². The molecule has 0 spiro atoms. The number of aliphatic imine (C=N–C) groups is 1. The normalized spacial score (nSPS) is 13.4. The first-order valence-corrected chi connectivity index (χ1v) is 5.53. The molecular formula is C12H9FN2O2S. The van der Waals surface area contributed by atoms with Crippen LogP contribution in [-0.4, -0.2) is 24.2 Å². The zero-order chi connectivity index (χ0) is 13.1. The number of nitrogens with zero attached hydrogens (tertiary/aromatic N) is 2. The van der Waals surface area contributed by atoms with E-state index in [0.717, 1.165) is 0 Å². The third-order valence-corrected chi connectivity index (χ3v) is 2.54. The minimum Gasteiger partial charge on any atom is -0.481 e. The van der Waals surface area contributed by atoms with Gasteiger partial charge in [0.25, 0.3) is 5.91 Å². The van der Waals surface area contributed by atoms with Gasteiger partial charge in [0.15, 0.2) is 12.4 Å². The molecule has 0 radical (unpaired) electrons. The number of benzene rings is 1. The molecule has 1 amide bonds. The van der Waals surface area contributed by atoms with Gasteiger partial charge in [-0.2, -0.15) is 4.99 Å². The second-order valence-electron chi connectivity index (χ2n) is 3.56. The third-order valence-electron chi connectivity index (χ3n) is 2.45. The van der Waals surface area contributed by atoms with Crippen LogP contribution >= 0.6 is 12.2 Å². The van der Waals surface area contributed by atoms with Gasteiger partial charge in [0, 0.05) is 12.6 Å². The lowest BCUT2D eigenvalue weighted by Gasteiger charge is -2.28. The number of amides is 1. The highest BCUT2D eigenvalue weighted by Gasteiger charge is 2.26. The number of hydrogen-bond acceptors (Lipinski definition) is 4. The van der Waals surface area contributed by atoms with Gasteiger partial charge in [-0.1, -0.05) is 6.08 Å². The minimum atomic E-state index is -0.570. The SMILES string of the molecule is C=CCN1C(=O)COc2cc(F)c(N=C=S)cc21. The molecule has 0 aromatic heterocycles. The molecule has 2 rings (SSSR count). The van der Waals surface area contributed by atoms with E-state index < -0.39 is 5.82 Å². The van der Waals surface area contributed by atoms with Gasteiger partial charge in [-0.05, 0) is 18.3 Å². The van der Waals surface area contributed by atoms with Gasteiger partial charge in [0.1, 0.15) is 11.4 Å². The van der Waals surface area contributed by atoms with E-state index in [1.807, 2.05) is 0 Å². The van der Waals surface area contributed by atoms with Gasteiger partial charge < -0.3 is 9.64 Å². The van der Waals surface area contributed by atoms with Crippen molar-refractivity contribution in [2.75, 3.05) is 18.1 Å². The van der Waals surface area contributed by atoms with Crippen LogP contribution in [0.3, 0.4) is 0 Å². The fraction of sp³-hybridized carbons (Fsp3) is 0.167. The zero-order valence-corrected chi connectivity index (χ0v) is 10.2. The van der Waals surface area contributed by atoms with Crippen LogP contribution in [0.1, 0.15) is 0 Å². The van der Waals surface area contributed by atoms with Crippen LogP contribution in [0.2, 0.25) is 0 Å². The van der Waals surface area contributed by atoms with Crippen LogP contribution in [0.4, 0.5) is 15.8 Å². The highest BCUT2D eigenvalue weighted by atomic mass is 32.1. The summed E-state index contributed by atoms with van der Waals surface area (Å²) >= 11 is 4.44. The Morgan fingerprint density at radius 2 is 2.44 bits per heavy atom. The number of rotatable bonds is 3. The molecule has 1 heterocycles. The van der Waals surface area contributed by atoms with E-state index in [9.17, 15) is 9.18 Å². The smallest absolute Gasteiger partial charge is 0.265 e. The Bertz CT molecular complexity index is 567. The molecule has 0 saturated heterocycles. The highest BCUT2D eigenvalue weighted by molar-refractivity contribution is 7.78. The largest absolute Gasteiger partial charge is 0.481 e. The molecule has 1 aromatic rings. The average Bonchev–Trinajstić information content (AvgIpc) is 2.35. The van der Waals surface area contributed by atoms with Gasteiger partial charge in [-0.3, -0.25) is 4.79 Å². The van der Waals surface area contributed by atoms with E-state index >= 15 is 0 Å². The minimum absolute atomic E-state index is 0.0242. The fourth-order valence-corrected chi connectivity index (χ4v) is 1.77. The fourth-order valence-electron chi connectivity index (χ4n) is 1.67. The van der Waals surface area contributed by atoms with Gasteiger partial charge in [0.2, 0.25) is 0 Å². The van der Waals surface area contributed by atoms with Gasteiger partial charge in [0.05, 0.1) is 10.8 Å². The molecule has 0 unspecified atom stereocenters. The van der Waals surface area contributed by atoms with Crippen molar-refractivity contribution < 1.29 is 13.9 Å². The Balaban J connectivity index is 2.55. The van der Waals surface area contributed by atoms with Crippen molar-refractivity contribution in [3.8, 4) is 5.75 Å². The van der Waals surface area contributed by atoms with E-state index in [0.29, 0.717) is 18.0 Å². The van der Waals surface area contributed by atoms with E-state index in [1.165, 1.54) is 17.0 Å². The quantitative estimate of drug-likeness (QED) is 0.478. The second kappa shape index (κ2) is 5.08. The number of fused-ring (bicyclic) bond motifs is 1. The zero-order valence-electron chi connectivity index (χ0n) is 9.35. The van der Waals surface area contributed by atoms with Crippen LogP contribution in [0, 0.1) is 5.82 Å². The molecule has 0 aliphatic carbocycles. The number of hydrogen-bond donors (Lipinski definition) is 0. The number of carbonyl (C=O) groups excluding carboxylic acids is 1. The summed E-state index contributed by atoms with van der Waals surface area (Å²) in [6.45, 7) is 3.78. The highest BCUT2D eigenvalue weighted by Crippen LogP contribution is 2.37. The lowest BCUT2D eigenvalue weighted by Crippen LogP contribution is -2.38. The predicted octanol–water partition coefficient (Wildman–Crippen LogP) is 2.47. The second-order valence-corrected chi connectivity index (χ2v) is 3.74. The molecule has 6 heteroatoms. The number of anilines is 1. The van der Waals surface area contributed by atoms with Crippen molar-refractivity contribution >= 4 is 34.7 Å². The molecule has 0 saturated carbocycles. The molecule has 0 fully saturated rings. The number of carbonyl (C=O) groups is 1. The monoisotopic (exact) mass is 264 g/mol. The number of ether oxygens (including phenoxy) is 1. The van der Waals surface area contributed by atoms with Crippen molar-refractivity contribution in [3.63, 3.8) is 0 Å². The Morgan fingerprint density at radius 1 is 1.67 bits per heavy atom. The lowest BCUT2D eigenvalue weighted by atomic mass is 10.2. The van der Waals surface area contributed by atoms with Gasteiger partial charge in [-0.25, -0.2) is 4.39 Å². The van der Waals surface area contributed by atoms with Gasteiger partial charge in [-0.15, -0.1) is 6.58 Å². The third kappa shape index (κ3) is 2.16. The molecule has 0 bridgehead atoms. The van der Waals surface area contributed by atoms with Crippen LogP contribution in [0.25, 0.3) is 0 Å². The van der Waals surface area contributed by atoms with Crippen molar-refractivity contribution in [1.82, 2.24) is 0 Å². The molecule has 0 N–H and O–H groups in total. The molecule has 1 aliphatic heterocycles. The van der Waals surface area contributed by atoms with Gasteiger partial charge >= 0.3 is 0 Å². The summed E-state index contributed by atoms with van der Waals surface area (Å²) in [6.07, 6.45) is 1.58. The lowest BCUT2D eigenvalue weighted by molar-refractivity contribution is -0.121. The number of isothiocyanates is 1. The number of thiocarbonyl (C=S) groups is 1. The summed E-state index contributed by atoms with van der Waals surface area (Å²) < 4.78 is 18.8. The maximum absolute atomic E-state index is 13.6. The Kier molecular flexibility index (Phi) is 3.50. The molecular weight excluding hydrogens is 255 g/mol. The van der Waals surface area contributed by atoms with E-state index in [4.69, 9.17) is 4.74 Å². The Hall–Kier alpha value is -2.04. The van der Waals surface area contributed by atoms with Crippen LogP contribution in [0.5, 0.6) is 5.75 Å². The summed E-state index contributed by atoms with van der Waals surface area (Å²) in [4.78, 5) is 16.8. The maximum Gasteiger partial charge on any atom is 0.265 e. The molecule has 1 aromatic carbocycles. The molecule has 18 heavy (non-hydrogen) atoms. The molecule has 1 aliphatic rings. The summed E-state index contributed by atoms with van der Waals surface area (Å²) in [6, 6.07) is 2.59. The van der Waals surface area contributed by atoms with E-state index in [2.05, 4.69) is 29.0 Å². The maximum atomic E-state index is 13.6. The summed E-state index contributed by atoms with van der Waals surface area (Å²) in [5.74, 6) is -0.484. The summed E-state index contributed by atoms with van der Waals surface area (Å²) in [5, 5.41) is 2.09. The number of halogens is 1. The predicted molar refractivity (Wildman–Crippen MR) is 69.1 cm³/mol. The molecule has 92 valence electrons. The first kappa shape index (κ1) is 12.4. The van der Waals surface area contributed by atoms with Crippen LogP contribution in [0.15, 0.2) is 29.8 Å². The van der Waals surface area contributed by atoms with Crippen molar-refractivity contribution in [3.05, 3.63) is 30.6 Å². The summed E-state index contributed by atoms with van der Waals surface area (Å²) in [5.41, 5.74) is 0.479. The Labute approximate surface area is 108 Å². The first-order valence-electron chi connectivity index (χ1n) is 5.13. The first-order chi connectivity index (χ1) is 8.67. The van der Waals surface area contributed by atoms with Crippen molar-refractivity contribution in [2.45, 2.75) is 0 Å². The standard InChI is InChI=1S/C12H9FN2O2S/c1-2-3-15-10-5-9(14-7-18)8(13)4-11(10)17-6-12(15)16/h2,4-5H,1,3,6H2. The van der Waals surface area contributed by atoms with Crippen molar-refractivity contribution in [1.29, 1.82) is 0 Å². The molecule has 0 atom stereocenters. The van der Waals surface area contributed by atoms with Crippen LogP contribution in [-0.2, 0) is 4.79 Å². The van der Waals surface area contributed by atoms with E-state index in [-0.39, 0.29) is 18.2 Å². The average molecular weight is 264 g/mol. The summed E-state index contributed by atoms with van der Waals surface area (Å²) in [7, 11) is 0. The van der Waals surface area contributed by atoms with E-state index in [1.54, 1.807) is 6.08 Å². The topological polar surface area (TPSA) is 41.9 Å². The molecule has 4 nitrogen and oxygen atoms in total. The van der Waals surface area contributed by atoms with Crippen molar-refractivity contribution in [2.24, 2.45) is 4.99 Å². The Morgan fingerprint density at radius 3 is 3.11 bits per heavy atom.